The lowest BCUT2D eigenvalue weighted by Gasteiger charge is -2.28. The average Bonchev–Trinajstić information content (AvgIpc) is 1.52. The molecule has 0 unspecified atom stereocenters. The van der Waals surface area contributed by atoms with Crippen molar-refractivity contribution in [1.29, 1.82) is 0 Å². The van der Waals surface area contributed by atoms with Gasteiger partial charge in [-0.2, -0.15) is 0 Å². The SMILES string of the molecule is Cc1cc(C)cc(N(c2ccccc2C)c2cccc3c2c2cccc4c5cc6c(cc5n3c42)c2cccc3c4c(N(c5cc(C)cc(C)c5)c5ccccc5C)cccc4n6c23)c1.c1ccc(-c2ccccc2N(c2ccccc2)c2cccc3c2c2cccc4c5cc6c(cc5n3c42)c2cccc3c4c(N(c5ccccc5)c5ccccc5-c5ccccc5)cccc4n6c23)cc1. The molecule has 0 aliphatic rings. The van der Waals surface area contributed by atoms with Gasteiger partial charge >= 0.3 is 0 Å². The van der Waals surface area contributed by atoms with Gasteiger partial charge in [0.15, 0.2) is 0 Å². The smallest absolute Gasteiger partial charge is 0.0621 e. The van der Waals surface area contributed by atoms with Gasteiger partial charge in [0, 0.05) is 131 Å². The summed E-state index contributed by atoms with van der Waals surface area (Å²) < 4.78 is 10.2. The Labute approximate surface area is 774 Å². The van der Waals surface area contributed by atoms with E-state index in [0.29, 0.717) is 0 Å². The molecule has 8 heteroatoms. The number of para-hydroxylation sites is 10. The topological polar surface area (TPSA) is 30.6 Å². The Hall–Kier alpha value is -17.2. The predicted molar refractivity (Wildman–Crippen MR) is 570 cm³/mol. The van der Waals surface area contributed by atoms with E-state index in [4.69, 9.17) is 0 Å². The molecular weight excluding hydrogens is 1630 g/mol. The highest BCUT2D eigenvalue weighted by atomic mass is 15.2. The molecule has 28 rings (SSSR count). The fraction of sp³-hybridized carbons (Fsp3) is 0.0476. The van der Waals surface area contributed by atoms with Crippen LogP contribution in [0.2, 0.25) is 0 Å². The Morgan fingerprint density at radius 1 is 0.157 bits per heavy atom. The Bertz CT molecular complexity index is 9020. The fourth-order valence-electron chi connectivity index (χ4n) is 23.4. The number of benzene rings is 20. The lowest BCUT2D eigenvalue weighted by Crippen LogP contribution is -2.12. The zero-order valence-electron chi connectivity index (χ0n) is 75.0. The summed E-state index contributed by atoms with van der Waals surface area (Å²) in [6.45, 7) is 13.2. The van der Waals surface area contributed by atoms with Gasteiger partial charge in [0.25, 0.3) is 0 Å². The van der Waals surface area contributed by atoms with Gasteiger partial charge in [0.05, 0.1) is 100 Å². The van der Waals surface area contributed by atoms with E-state index in [1.807, 2.05) is 0 Å². The van der Waals surface area contributed by atoms with E-state index in [0.717, 1.165) is 34.1 Å². The van der Waals surface area contributed by atoms with E-state index in [2.05, 4.69) is 503 Å². The van der Waals surface area contributed by atoms with Crippen LogP contribution in [0.15, 0.2) is 425 Å². The zero-order chi connectivity index (χ0) is 89.0. The van der Waals surface area contributed by atoms with Crippen LogP contribution >= 0.6 is 0 Å². The summed E-state index contributed by atoms with van der Waals surface area (Å²) in [4.78, 5) is 9.87. The van der Waals surface area contributed by atoms with Crippen molar-refractivity contribution in [2.24, 2.45) is 0 Å². The highest BCUT2D eigenvalue weighted by Crippen LogP contribution is 2.56. The van der Waals surface area contributed by atoms with Crippen LogP contribution in [0.3, 0.4) is 0 Å². The molecule has 0 saturated heterocycles. The number of hydrogen-bond acceptors (Lipinski definition) is 4. The maximum atomic E-state index is 2.55. The normalized spacial score (nSPS) is 12.1. The second kappa shape index (κ2) is 29.7. The molecule has 8 nitrogen and oxygen atoms in total. The number of fused-ring (bicyclic) bond motifs is 24. The van der Waals surface area contributed by atoms with E-state index in [9.17, 15) is 0 Å². The number of nitrogens with zero attached hydrogens (tertiary/aromatic N) is 8. The Morgan fingerprint density at radius 3 is 0.679 bits per heavy atom. The molecule has 0 radical (unpaired) electrons. The van der Waals surface area contributed by atoms with Crippen molar-refractivity contribution in [2.75, 3.05) is 19.6 Å². The van der Waals surface area contributed by atoms with Crippen molar-refractivity contribution < 1.29 is 0 Å². The van der Waals surface area contributed by atoms with Crippen molar-refractivity contribution in [1.82, 2.24) is 17.6 Å². The standard InChI is InChI=1S/C66H42N4.C60H46N4/c1-5-21-43(22-6-1)47-29-13-15-35-55(47)67(45-25-9-3-10-26-45)57-37-19-39-59-63(57)51-33-17-31-49-53-42-62-54(41-61(53)69(59)65(49)51)50-32-18-34-52-64-58(38-20-40-60(64)70(62)66(50)52)68(46-27-11-4-12-28-46)56-36-16-14-30-48(56)44-23-7-2-8-24-44;1-35-27-36(2)30-41(29-35)61(49-21-9-7-15-39(49)5)51-23-13-25-53-57(51)45-19-11-17-43-47-34-56-48(33-55(47)63(53)59(43)45)44-18-12-20-46-58-52(24-14-26-54(58)64(56)60(44)46)62(50-22-10-8-16-40(50)6)42-31-37(3)28-38(4)32-42/h1-42H;7-34H,1-6H3. The van der Waals surface area contributed by atoms with Crippen LogP contribution in [0.1, 0.15) is 33.4 Å². The average molecular weight is 1710 g/mol. The number of rotatable bonds is 14. The van der Waals surface area contributed by atoms with Gasteiger partial charge in [-0.1, -0.05) is 279 Å². The molecular formula is C126H88N8. The third kappa shape index (κ3) is 11.3. The molecule has 0 amide bonds. The molecule has 0 fully saturated rings. The van der Waals surface area contributed by atoms with Crippen LogP contribution in [0.25, 0.3) is 175 Å². The van der Waals surface area contributed by atoms with Crippen molar-refractivity contribution in [3.05, 3.63) is 458 Å². The highest BCUT2D eigenvalue weighted by Gasteiger charge is 2.33. The van der Waals surface area contributed by atoms with Crippen LogP contribution in [0, 0.1) is 41.5 Å². The van der Waals surface area contributed by atoms with Gasteiger partial charge in [-0.3, -0.25) is 0 Å². The quantitative estimate of drug-likeness (QED) is 0.109. The first-order valence-corrected chi connectivity index (χ1v) is 46.5. The maximum absolute atomic E-state index is 2.55. The van der Waals surface area contributed by atoms with Crippen molar-refractivity contribution in [2.45, 2.75) is 41.5 Å². The third-order valence-corrected chi connectivity index (χ3v) is 28.6. The molecule has 8 aromatic heterocycles. The number of hydrogen-bond donors (Lipinski definition) is 0. The molecule has 20 aromatic carbocycles. The summed E-state index contributed by atoms with van der Waals surface area (Å²) in [5.41, 5.74) is 40.9. The summed E-state index contributed by atoms with van der Waals surface area (Å²) in [5, 5.41) is 20.1. The Morgan fingerprint density at radius 2 is 0.388 bits per heavy atom. The first-order chi connectivity index (χ1) is 66.0. The molecule has 0 aliphatic heterocycles. The molecule has 632 valence electrons. The summed E-state index contributed by atoms with van der Waals surface area (Å²) in [7, 11) is 0. The molecule has 8 heterocycles. The molecule has 0 aliphatic carbocycles. The van der Waals surface area contributed by atoms with Gasteiger partial charge in [0.1, 0.15) is 0 Å². The minimum absolute atomic E-state index is 1.11. The van der Waals surface area contributed by atoms with Crippen LogP contribution in [-0.2, 0) is 0 Å². The molecule has 0 atom stereocenters. The number of aryl methyl sites for hydroxylation is 6. The summed E-state index contributed by atoms with van der Waals surface area (Å²) in [6, 6.07) is 157. The van der Waals surface area contributed by atoms with E-state index in [-0.39, 0.29) is 0 Å². The second-order valence-corrected chi connectivity index (χ2v) is 36.7. The minimum atomic E-state index is 1.11. The fourth-order valence-corrected chi connectivity index (χ4v) is 23.4. The van der Waals surface area contributed by atoms with Gasteiger partial charge < -0.3 is 37.2 Å². The number of anilines is 12. The molecule has 0 N–H and O–H groups in total. The minimum Gasteiger partial charge on any atom is -0.310 e. The van der Waals surface area contributed by atoms with Crippen molar-refractivity contribution in [3.8, 4) is 22.3 Å². The van der Waals surface area contributed by atoms with Crippen LogP contribution < -0.4 is 19.6 Å². The van der Waals surface area contributed by atoms with Gasteiger partial charge in [-0.05, 0) is 232 Å². The predicted octanol–water partition coefficient (Wildman–Crippen LogP) is 35.0. The first kappa shape index (κ1) is 76.8. The van der Waals surface area contributed by atoms with Crippen LogP contribution in [0.4, 0.5) is 68.2 Å². The highest BCUT2D eigenvalue weighted by molar-refractivity contribution is 6.34. The molecule has 0 spiro atoms. The van der Waals surface area contributed by atoms with E-state index < -0.39 is 0 Å². The van der Waals surface area contributed by atoms with Crippen molar-refractivity contribution in [3.63, 3.8) is 0 Å². The lowest BCUT2D eigenvalue weighted by atomic mass is 10.00. The summed E-state index contributed by atoms with van der Waals surface area (Å²) in [6.07, 6.45) is 0. The summed E-state index contributed by atoms with van der Waals surface area (Å²) >= 11 is 0. The van der Waals surface area contributed by atoms with Gasteiger partial charge in [-0.25, -0.2) is 0 Å². The van der Waals surface area contributed by atoms with Gasteiger partial charge in [-0.15, -0.1) is 0 Å². The zero-order valence-corrected chi connectivity index (χ0v) is 75.0. The monoisotopic (exact) mass is 1710 g/mol. The molecule has 28 aromatic rings. The van der Waals surface area contributed by atoms with Gasteiger partial charge in [0.2, 0.25) is 0 Å². The lowest BCUT2D eigenvalue weighted by molar-refractivity contribution is 1.24. The van der Waals surface area contributed by atoms with Crippen LogP contribution in [-0.4, -0.2) is 17.6 Å². The largest absolute Gasteiger partial charge is 0.310 e. The van der Waals surface area contributed by atoms with Crippen LogP contribution in [0.5, 0.6) is 0 Å². The maximum Gasteiger partial charge on any atom is 0.0621 e. The molecule has 0 bridgehead atoms. The van der Waals surface area contributed by atoms with E-state index in [1.54, 1.807) is 0 Å². The second-order valence-electron chi connectivity index (χ2n) is 36.7. The molecule has 0 saturated carbocycles. The van der Waals surface area contributed by atoms with Crippen molar-refractivity contribution >= 4 is 221 Å². The molecule has 134 heavy (non-hydrogen) atoms. The summed E-state index contributed by atoms with van der Waals surface area (Å²) in [5.74, 6) is 0. The Balaban J connectivity index is 0.000000137. The Kier molecular flexibility index (Phi) is 17.0. The van der Waals surface area contributed by atoms with E-state index >= 15 is 0 Å². The van der Waals surface area contributed by atoms with E-state index in [1.165, 1.54) is 242 Å². The third-order valence-electron chi connectivity index (χ3n) is 28.6. The number of aromatic nitrogens is 4. The first-order valence-electron chi connectivity index (χ1n) is 46.5.